The third-order valence-electron chi connectivity index (χ3n) is 6.98. The van der Waals surface area contributed by atoms with Gasteiger partial charge < -0.3 is 10.1 Å². The summed E-state index contributed by atoms with van der Waals surface area (Å²) >= 11 is 0. The number of likely N-dealkylation sites (tertiary alicyclic amines) is 1. The van der Waals surface area contributed by atoms with Crippen molar-refractivity contribution in [1.82, 2.24) is 10.2 Å². The Balaban J connectivity index is 1.72. The molecule has 4 amide bonds. The molecule has 2 unspecified atom stereocenters. The number of nitrogens with zero attached hydrogens (tertiary/aromatic N) is 2. The Morgan fingerprint density at radius 3 is 2.18 bits per heavy atom. The minimum absolute atomic E-state index is 0.0392. The van der Waals surface area contributed by atoms with Crippen molar-refractivity contribution in [3.8, 4) is 0 Å². The van der Waals surface area contributed by atoms with Crippen LogP contribution in [0, 0.1) is 0 Å². The van der Waals surface area contributed by atoms with Gasteiger partial charge in [-0.3, -0.25) is 14.5 Å². The van der Waals surface area contributed by atoms with Gasteiger partial charge in [0, 0.05) is 38.4 Å². The molecular weight excluding hydrogens is 482 g/mol. The highest BCUT2D eigenvalue weighted by atomic mass is 16.6. The Hall–Kier alpha value is -3.52. The van der Waals surface area contributed by atoms with Gasteiger partial charge in [0.1, 0.15) is 11.6 Å². The van der Waals surface area contributed by atoms with E-state index in [-0.39, 0.29) is 36.7 Å². The normalized spacial score (nSPS) is 19.9. The number of quaternary nitrogens is 1. The average Bonchev–Trinajstić information content (AvgIpc) is 3.28. The van der Waals surface area contributed by atoms with Crippen molar-refractivity contribution in [2.75, 3.05) is 20.1 Å². The first-order valence-electron chi connectivity index (χ1n) is 13.2. The van der Waals surface area contributed by atoms with E-state index >= 15 is 0 Å². The summed E-state index contributed by atoms with van der Waals surface area (Å²) in [7, 11) is 1.61. The van der Waals surface area contributed by atoms with E-state index in [4.69, 9.17) is 4.74 Å². The van der Waals surface area contributed by atoms with E-state index in [0.29, 0.717) is 18.5 Å². The molecule has 38 heavy (non-hydrogen) atoms. The number of rotatable bonds is 8. The molecule has 3 rings (SSSR count). The first-order chi connectivity index (χ1) is 17.9. The highest BCUT2D eigenvalue weighted by molar-refractivity contribution is 5.98. The maximum atomic E-state index is 13.7. The molecule has 0 spiro atoms. The molecule has 0 aliphatic carbocycles. The van der Waals surface area contributed by atoms with Crippen LogP contribution in [0.4, 0.5) is 9.59 Å². The predicted octanol–water partition coefficient (Wildman–Crippen LogP) is 4.97. The van der Waals surface area contributed by atoms with Gasteiger partial charge in [-0.2, -0.15) is 4.79 Å². The van der Waals surface area contributed by atoms with Crippen molar-refractivity contribution in [2.45, 2.75) is 71.1 Å². The molecule has 1 aliphatic heterocycles. The minimum Gasteiger partial charge on any atom is -0.414 e. The summed E-state index contributed by atoms with van der Waals surface area (Å²) in [5.74, 6) is -0.513. The Morgan fingerprint density at radius 1 is 1.03 bits per heavy atom. The fraction of sp³-hybridized carbons (Fsp3) is 0.467. The lowest BCUT2D eigenvalue weighted by Gasteiger charge is -2.36. The van der Waals surface area contributed by atoms with E-state index in [9.17, 15) is 19.2 Å². The summed E-state index contributed by atoms with van der Waals surface area (Å²) in [6.45, 7) is 7.74. The van der Waals surface area contributed by atoms with Gasteiger partial charge in [-0.1, -0.05) is 48.5 Å². The summed E-state index contributed by atoms with van der Waals surface area (Å²) in [5, 5.41) is 2.88. The van der Waals surface area contributed by atoms with Crippen molar-refractivity contribution in [3.63, 3.8) is 0 Å². The van der Waals surface area contributed by atoms with Gasteiger partial charge in [0.15, 0.2) is 5.78 Å². The van der Waals surface area contributed by atoms with Crippen LogP contribution in [-0.2, 0) is 16.0 Å². The fourth-order valence-corrected chi connectivity index (χ4v) is 4.83. The number of ether oxygens (including phenoxy) is 1. The first-order valence-corrected chi connectivity index (χ1v) is 13.2. The second kappa shape index (κ2) is 12.3. The number of carbonyl (C=O) groups is 4. The van der Waals surface area contributed by atoms with Crippen LogP contribution in [0.15, 0.2) is 60.7 Å². The molecule has 0 bridgehead atoms. The zero-order valence-electron chi connectivity index (χ0n) is 23.1. The number of urea groups is 1. The highest BCUT2D eigenvalue weighted by Crippen LogP contribution is 2.32. The Bertz CT molecular complexity index is 1130. The summed E-state index contributed by atoms with van der Waals surface area (Å²) in [6.07, 6.45) is 1.30. The van der Waals surface area contributed by atoms with E-state index in [0.717, 1.165) is 18.4 Å². The van der Waals surface area contributed by atoms with Crippen LogP contribution in [-0.4, -0.2) is 71.0 Å². The largest absolute Gasteiger partial charge is 0.525 e. The van der Waals surface area contributed by atoms with Gasteiger partial charge in [-0.05, 0) is 51.8 Å². The SMILES string of the molecule is C[C@@H]1CCC[N+]1(C(=O)OC(C)(C)C)C(=O)N(C)CCC(=O)C(Cc1ccccc1)NC(=O)c1ccccc1. The van der Waals surface area contributed by atoms with Gasteiger partial charge >= 0.3 is 12.1 Å². The molecule has 0 saturated carbocycles. The standard InChI is InChI=1S/C30H39N3O5/c1-22-13-12-20-33(22,29(37)38-30(2,3)4)28(36)32(5)19-18-26(34)25(21-23-14-8-6-9-15-23)31-27(35)24-16-10-7-11-17-24/h6-11,14-17,22,25H,12-13,18-21H2,1-5H3/p+1/t22-,25?,33?/m1/s1. The summed E-state index contributed by atoms with van der Waals surface area (Å²) in [4.78, 5) is 54.6. The van der Waals surface area contributed by atoms with Crippen molar-refractivity contribution in [3.05, 3.63) is 71.8 Å². The molecule has 1 fully saturated rings. The van der Waals surface area contributed by atoms with Crippen molar-refractivity contribution >= 4 is 23.8 Å². The number of hydrogen-bond donors (Lipinski definition) is 1. The number of imide groups is 1. The van der Waals surface area contributed by atoms with Crippen LogP contribution in [0.2, 0.25) is 0 Å². The Morgan fingerprint density at radius 2 is 1.63 bits per heavy atom. The molecule has 3 atom stereocenters. The zero-order chi connectivity index (χ0) is 27.9. The van der Waals surface area contributed by atoms with Crippen LogP contribution in [0.1, 0.15) is 62.9 Å². The lowest BCUT2D eigenvalue weighted by atomic mass is 10.00. The van der Waals surface area contributed by atoms with Gasteiger partial charge in [0.25, 0.3) is 5.91 Å². The number of Topliss-reactive ketones (excluding diaryl/α,β-unsaturated/α-hetero) is 1. The monoisotopic (exact) mass is 522 g/mol. The minimum atomic E-state index is -0.756. The third kappa shape index (κ3) is 7.07. The topological polar surface area (TPSA) is 92.8 Å². The molecular formula is C30H40N3O5+. The number of benzene rings is 2. The zero-order valence-corrected chi connectivity index (χ0v) is 23.1. The molecule has 204 valence electrons. The number of carbonyl (C=O) groups excluding carboxylic acids is 4. The molecule has 1 N–H and O–H groups in total. The molecule has 8 heteroatoms. The van der Waals surface area contributed by atoms with Crippen LogP contribution in [0.5, 0.6) is 0 Å². The van der Waals surface area contributed by atoms with Crippen molar-refractivity contribution in [1.29, 1.82) is 0 Å². The molecule has 2 aromatic carbocycles. The lowest BCUT2D eigenvalue weighted by molar-refractivity contribution is -0.792. The maximum absolute atomic E-state index is 13.7. The third-order valence-corrected chi connectivity index (χ3v) is 6.98. The van der Waals surface area contributed by atoms with Crippen molar-refractivity contribution in [2.24, 2.45) is 0 Å². The van der Waals surface area contributed by atoms with E-state index in [1.807, 2.05) is 43.3 Å². The van der Waals surface area contributed by atoms with Crippen LogP contribution < -0.4 is 5.32 Å². The molecule has 2 aromatic rings. The maximum Gasteiger partial charge on any atom is 0.525 e. The van der Waals surface area contributed by atoms with Gasteiger partial charge in [0.2, 0.25) is 0 Å². The van der Waals surface area contributed by atoms with E-state index in [2.05, 4.69) is 5.32 Å². The summed E-state index contributed by atoms with van der Waals surface area (Å²) in [6, 6.07) is 16.9. The first kappa shape index (κ1) is 29.0. The number of hydrogen-bond acceptors (Lipinski definition) is 5. The van der Waals surface area contributed by atoms with Crippen LogP contribution >= 0.6 is 0 Å². The van der Waals surface area contributed by atoms with E-state index in [1.54, 1.807) is 52.1 Å². The average molecular weight is 523 g/mol. The molecule has 1 heterocycles. The lowest BCUT2D eigenvalue weighted by Crippen LogP contribution is -2.64. The summed E-state index contributed by atoms with van der Waals surface area (Å²) < 4.78 is 5.25. The van der Waals surface area contributed by atoms with Gasteiger partial charge in [-0.15, -0.1) is 4.48 Å². The van der Waals surface area contributed by atoms with Crippen molar-refractivity contribution < 1.29 is 28.4 Å². The molecule has 1 saturated heterocycles. The number of nitrogens with one attached hydrogen (secondary N) is 1. The van der Waals surface area contributed by atoms with E-state index < -0.39 is 22.2 Å². The smallest absolute Gasteiger partial charge is 0.414 e. The molecule has 0 aromatic heterocycles. The molecule has 1 aliphatic rings. The Kier molecular flexibility index (Phi) is 9.44. The van der Waals surface area contributed by atoms with Crippen LogP contribution in [0.25, 0.3) is 0 Å². The van der Waals surface area contributed by atoms with E-state index in [1.165, 1.54) is 4.90 Å². The van der Waals surface area contributed by atoms with Crippen LogP contribution in [0.3, 0.4) is 0 Å². The number of ketones is 1. The van der Waals surface area contributed by atoms with Gasteiger partial charge in [0.05, 0.1) is 12.6 Å². The Labute approximate surface area is 225 Å². The summed E-state index contributed by atoms with van der Waals surface area (Å²) in [5.41, 5.74) is 0.669. The molecule has 8 nitrogen and oxygen atoms in total. The second-order valence-corrected chi connectivity index (χ2v) is 11.1. The highest BCUT2D eigenvalue weighted by Gasteiger charge is 2.56. The van der Waals surface area contributed by atoms with Gasteiger partial charge in [-0.25, -0.2) is 4.79 Å². The quantitative estimate of drug-likeness (QED) is 0.494. The predicted molar refractivity (Wildman–Crippen MR) is 146 cm³/mol. The fourth-order valence-electron chi connectivity index (χ4n) is 4.83. The second-order valence-electron chi connectivity index (χ2n) is 11.1. The molecule has 0 radical (unpaired) electrons. The number of amides is 4.